The molecule has 2 heterocycles. The number of aromatic nitrogens is 4. The maximum Gasteiger partial charge on any atom is 0.159 e. The third kappa shape index (κ3) is 1.69. The van der Waals surface area contributed by atoms with E-state index >= 15 is 0 Å². The van der Waals surface area contributed by atoms with Gasteiger partial charge in [0.05, 0.1) is 26.6 Å². The first-order valence-corrected chi connectivity index (χ1v) is 6.76. The van der Waals surface area contributed by atoms with Gasteiger partial charge in [-0.3, -0.25) is 5.10 Å². The van der Waals surface area contributed by atoms with E-state index in [1.54, 1.807) is 12.1 Å². The van der Waals surface area contributed by atoms with E-state index < -0.39 is 0 Å². The third-order valence-corrected chi connectivity index (χ3v) is 3.94. The van der Waals surface area contributed by atoms with Crippen LogP contribution in [0.3, 0.4) is 0 Å². The van der Waals surface area contributed by atoms with Crippen LogP contribution in [0, 0.1) is 0 Å². The van der Waals surface area contributed by atoms with Gasteiger partial charge < -0.3 is 4.98 Å². The number of rotatable bonds is 1. The second-order valence-electron chi connectivity index (χ2n) is 4.49. The van der Waals surface area contributed by atoms with Gasteiger partial charge in [0.25, 0.3) is 0 Å². The van der Waals surface area contributed by atoms with Gasteiger partial charge in [-0.25, -0.2) is 4.98 Å². The lowest BCUT2D eigenvalue weighted by atomic mass is 10.2. The van der Waals surface area contributed by atoms with E-state index in [1.807, 2.05) is 24.3 Å². The molecule has 0 fully saturated rings. The smallest absolute Gasteiger partial charge is 0.159 e. The number of nitrogens with one attached hydrogen (secondary N) is 2. The van der Waals surface area contributed by atoms with Gasteiger partial charge in [-0.1, -0.05) is 41.4 Å². The number of nitrogens with zero attached hydrogens (tertiary/aromatic N) is 2. The first kappa shape index (κ1) is 11.8. The molecule has 4 aromatic rings. The Hall–Kier alpha value is -2.04. The molecule has 0 spiro atoms. The van der Waals surface area contributed by atoms with Crippen molar-refractivity contribution < 1.29 is 0 Å². The number of fused-ring (bicyclic) bond motifs is 2. The molecule has 2 aromatic heterocycles. The van der Waals surface area contributed by atoms with Crippen LogP contribution in [0.2, 0.25) is 10.0 Å². The number of para-hydroxylation sites is 1. The molecule has 20 heavy (non-hydrogen) atoms. The summed E-state index contributed by atoms with van der Waals surface area (Å²) in [5, 5.41) is 9.32. The maximum atomic E-state index is 6.02. The van der Waals surface area contributed by atoms with Gasteiger partial charge in [0, 0.05) is 5.39 Å². The van der Waals surface area contributed by atoms with E-state index in [4.69, 9.17) is 23.2 Å². The van der Waals surface area contributed by atoms with Crippen molar-refractivity contribution in [2.75, 3.05) is 0 Å². The van der Waals surface area contributed by atoms with Crippen molar-refractivity contribution in [1.29, 1.82) is 0 Å². The van der Waals surface area contributed by atoms with Gasteiger partial charge >= 0.3 is 0 Å². The Bertz CT molecular complexity index is 900. The van der Waals surface area contributed by atoms with Gasteiger partial charge in [-0.05, 0) is 18.2 Å². The lowest BCUT2D eigenvalue weighted by molar-refractivity contribution is 1.11. The summed E-state index contributed by atoms with van der Waals surface area (Å²) in [4.78, 5) is 7.75. The minimum Gasteiger partial charge on any atom is -0.337 e. The van der Waals surface area contributed by atoms with Crippen LogP contribution in [0.1, 0.15) is 0 Å². The van der Waals surface area contributed by atoms with E-state index in [0.29, 0.717) is 15.9 Å². The Morgan fingerprint density at radius 1 is 0.950 bits per heavy atom. The van der Waals surface area contributed by atoms with Crippen LogP contribution in [0.15, 0.2) is 36.4 Å². The highest BCUT2D eigenvalue weighted by Gasteiger charge is 2.13. The monoisotopic (exact) mass is 302 g/mol. The van der Waals surface area contributed by atoms with Crippen LogP contribution in [-0.2, 0) is 0 Å². The summed E-state index contributed by atoms with van der Waals surface area (Å²) in [5.74, 6) is 0.691. The molecule has 0 unspecified atom stereocenters. The van der Waals surface area contributed by atoms with E-state index in [-0.39, 0.29) is 0 Å². The molecule has 4 rings (SSSR count). The van der Waals surface area contributed by atoms with Crippen molar-refractivity contribution in [3.8, 4) is 11.5 Å². The van der Waals surface area contributed by atoms with E-state index in [1.165, 1.54) is 0 Å². The maximum absolute atomic E-state index is 6.02. The van der Waals surface area contributed by atoms with Gasteiger partial charge in [-0.15, -0.1) is 0 Å². The molecule has 0 bridgehead atoms. The normalized spacial score (nSPS) is 11.5. The highest BCUT2D eigenvalue weighted by molar-refractivity contribution is 6.42. The zero-order chi connectivity index (χ0) is 13.7. The van der Waals surface area contributed by atoms with Gasteiger partial charge in [0.15, 0.2) is 5.82 Å². The number of aromatic amines is 2. The van der Waals surface area contributed by atoms with Crippen molar-refractivity contribution in [2.45, 2.75) is 0 Å². The van der Waals surface area contributed by atoms with E-state index in [2.05, 4.69) is 20.2 Å². The Morgan fingerprint density at radius 2 is 1.75 bits per heavy atom. The van der Waals surface area contributed by atoms with Crippen LogP contribution in [0.5, 0.6) is 0 Å². The van der Waals surface area contributed by atoms with Crippen molar-refractivity contribution in [1.82, 2.24) is 20.2 Å². The molecule has 98 valence electrons. The van der Waals surface area contributed by atoms with Crippen molar-refractivity contribution in [3.63, 3.8) is 0 Å². The molecule has 2 N–H and O–H groups in total. The number of hydrogen-bond donors (Lipinski definition) is 2. The predicted molar refractivity (Wildman–Crippen MR) is 81.2 cm³/mol. The SMILES string of the molecule is Clc1cc2nc(-c3n[nH]c4ccccc34)[nH]c2cc1Cl. The molecule has 0 atom stereocenters. The molecule has 0 amide bonds. The van der Waals surface area contributed by atoms with Gasteiger partial charge in [-0.2, -0.15) is 5.10 Å². The summed E-state index contributed by atoms with van der Waals surface area (Å²) >= 11 is 12.0. The average Bonchev–Trinajstić information content (AvgIpc) is 3.02. The molecule has 0 radical (unpaired) electrons. The summed E-state index contributed by atoms with van der Waals surface area (Å²) in [6.45, 7) is 0. The predicted octanol–water partition coefficient (Wildman–Crippen LogP) is 4.41. The molecule has 0 aliphatic rings. The number of benzene rings is 2. The standard InChI is InChI=1S/C14H8Cl2N4/c15-8-5-11-12(6-9(8)16)18-14(17-11)13-7-3-1-2-4-10(7)19-20-13/h1-6H,(H,17,18)(H,19,20). The fourth-order valence-electron chi connectivity index (χ4n) is 2.26. The fraction of sp³-hybridized carbons (Fsp3) is 0. The van der Waals surface area contributed by atoms with Crippen LogP contribution in [-0.4, -0.2) is 20.2 Å². The summed E-state index contributed by atoms with van der Waals surface area (Å²) in [5.41, 5.74) is 3.35. The van der Waals surface area contributed by atoms with Crippen LogP contribution < -0.4 is 0 Å². The van der Waals surface area contributed by atoms with Crippen LogP contribution in [0.4, 0.5) is 0 Å². The third-order valence-electron chi connectivity index (χ3n) is 3.22. The number of hydrogen-bond acceptors (Lipinski definition) is 2. The molecule has 0 aliphatic heterocycles. The average molecular weight is 303 g/mol. The minimum absolute atomic E-state index is 0.490. The van der Waals surface area contributed by atoms with Crippen molar-refractivity contribution in [3.05, 3.63) is 46.4 Å². The van der Waals surface area contributed by atoms with Crippen molar-refractivity contribution in [2.24, 2.45) is 0 Å². The van der Waals surface area contributed by atoms with E-state index in [0.717, 1.165) is 27.6 Å². The Labute approximate surface area is 123 Å². The number of imidazole rings is 1. The molecule has 0 saturated heterocycles. The number of halogens is 2. The fourth-order valence-corrected chi connectivity index (χ4v) is 2.58. The minimum atomic E-state index is 0.490. The molecule has 2 aromatic carbocycles. The molecule has 0 saturated carbocycles. The molecule has 4 nitrogen and oxygen atoms in total. The largest absolute Gasteiger partial charge is 0.337 e. The highest BCUT2D eigenvalue weighted by Crippen LogP contribution is 2.30. The summed E-state index contributed by atoms with van der Waals surface area (Å²) in [6, 6.07) is 11.4. The Balaban J connectivity index is 1.98. The summed E-state index contributed by atoms with van der Waals surface area (Å²) < 4.78 is 0. The van der Waals surface area contributed by atoms with Gasteiger partial charge in [0.2, 0.25) is 0 Å². The zero-order valence-electron chi connectivity index (χ0n) is 10.1. The molecule has 0 aliphatic carbocycles. The topological polar surface area (TPSA) is 57.4 Å². The quantitative estimate of drug-likeness (QED) is 0.547. The molecular weight excluding hydrogens is 295 g/mol. The lowest BCUT2D eigenvalue weighted by Gasteiger charge is -1.93. The first-order chi connectivity index (χ1) is 9.72. The lowest BCUT2D eigenvalue weighted by Crippen LogP contribution is -1.80. The second kappa shape index (κ2) is 4.23. The Morgan fingerprint density at radius 3 is 2.65 bits per heavy atom. The first-order valence-electron chi connectivity index (χ1n) is 6.00. The summed E-state index contributed by atoms with van der Waals surface area (Å²) in [7, 11) is 0. The second-order valence-corrected chi connectivity index (χ2v) is 5.30. The molecular formula is C14H8Cl2N4. The Kier molecular flexibility index (Phi) is 2.49. The number of H-pyrrole nitrogens is 2. The zero-order valence-corrected chi connectivity index (χ0v) is 11.6. The van der Waals surface area contributed by atoms with Crippen LogP contribution >= 0.6 is 23.2 Å². The van der Waals surface area contributed by atoms with Crippen LogP contribution in [0.25, 0.3) is 33.5 Å². The molecule has 6 heteroatoms. The van der Waals surface area contributed by atoms with Crippen molar-refractivity contribution >= 4 is 45.1 Å². The summed E-state index contributed by atoms with van der Waals surface area (Å²) in [6.07, 6.45) is 0. The van der Waals surface area contributed by atoms with Gasteiger partial charge in [0.1, 0.15) is 5.69 Å². The van der Waals surface area contributed by atoms with E-state index in [9.17, 15) is 0 Å². The highest BCUT2D eigenvalue weighted by atomic mass is 35.5.